The minimum atomic E-state index is -2.66. The second-order valence-electron chi connectivity index (χ2n) is 8.02. The molecule has 0 aromatic heterocycles. The van der Waals surface area contributed by atoms with Crippen LogP contribution in [0.1, 0.15) is 41.0 Å². The molecule has 0 unspecified atom stereocenters. The molecule has 0 aliphatic heterocycles. The lowest BCUT2D eigenvalue weighted by atomic mass is 10.1. The summed E-state index contributed by atoms with van der Waals surface area (Å²) in [6.07, 6.45) is 0.0821. The largest absolute Gasteiger partial charge is 0.400 e. The highest BCUT2D eigenvalue weighted by Gasteiger charge is 2.51. The van der Waals surface area contributed by atoms with Gasteiger partial charge in [-0.2, -0.15) is 0 Å². The number of Topliss-reactive ketones (excluding diaryl/α,β-unsaturated/α-hetero) is 1. The zero-order chi connectivity index (χ0) is 19.4. The fraction of sp³-hybridized carbons (Fsp3) is 0.348. The molecule has 0 N–H and O–H groups in total. The van der Waals surface area contributed by atoms with Crippen LogP contribution in [-0.2, 0) is 9.22 Å². The van der Waals surface area contributed by atoms with Gasteiger partial charge in [0.25, 0.3) is 8.32 Å². The molecule has 3 heteroatoms. The lowest BCUT2D eigenvalue weighted by Crippen LogP contribution is -2.67. The molecule has 0 saturated carbocycles. The van der Waals surface area contributed by atoms with Gasteiger partial charge in [-0.15, -0.1) is 0 Å². The highest BCUT2D eigenvalue weighted by atomic mass is 28.4. The Morgan fingerprint density at radius 1 is 0.962 bits per heavy atom. The van der Waals surface area contributed by atoms with Gasteiger partial charge in [0.05, 0.1) is 6.10 Å². The Morgan fingerprint density at radius 3 is 1.69 bits per heavy atom. The molecule has 138 valence electrons. The van der Waals surface area contributed by atoms with Crippen molar-refractivity contribution in [2.75, 3.05) is 0 Å². The van der Waals surface area contributed by atoms with E-state index in [1.807, 2.05) is 19.1 Å². The quantitative estimate of drug-likeness (QED) is 0.533. The third-order valence-electron chi connectivity index (χ3n) is 4.76. The predicted molar refractivity (Wildman–Crippen MR) is 113 cm³/mol. The SMILES string of the molecule is C=C(C)[C@H](CC(C)=O)O[Si](c1ccccc1)(c1ccccc1)C(C)(C)C. The first kappa shape index (κ1) is 20.3. The minimum Gasteiger partial charge on any atom is -0.400 e. The molecular weight excluding hydrogens is 336 g/mol. The van der Waals surface area contributed by atoms with E-state index in [0.29, 0.717) is 6.42 Å². The third-order valence-corrected chi connectivity index (χ3v) is 9.80. The molecule has 0 amide bonds. The van der Waals surface area contributed by atoms with Gasteiger partial charge in [0.15, 0.2) is 0 Å². The first-order chi connectivity index (χ1) is 12.2. The maximum atomic E-state index is 11.9. The van der Waals surface area contributed by atoms with Gasteiger partial charge in [-0.3, -0.25) is 4.79 Å². The van der Waals surface area contributed by atoms with Crippen LogP contribution in [0.25, 0.3) is 0 Å². The van der Waals surface area contributed by atoms with Crippen LogP contribution in [0.2, 0.25) is 5.04 Å². The van der Waals surface area contributed by atoms with Crippen LogP contribution in [0.3, 0.4) is 0 Å². The van der Waals surface area contributed by atoms with E-state index in [1.165, 1.54) is 10.4 Å². The highest BCUT2D eigenvalue weighted by molar-refractivity contribution is 6.99. The van der Waals surface area contributed by atoms with E-state index in [2.05, 4.69) is 75.9 Å². The molecule has 2 nitrogen and oxygen atoms in total. The number of ketones is 1. The first-order valence-corrected chi connectivity index (χ1v) is 11.0. The van der Waals surface area contributed by atoms with Gasteiger partial charge in [0, 0.05) is 6.42 Å². The molecule has 0 saturated heterocycles. The maximum Gasteiger partial charge on any atom is 0.261 e. The van der Waals surface area contributed by atoms with Crippen LogP contribution >= 0.6 is 0 Å². The number of hydrogen-bond donors (Lipinski definition) is 0. The lowest BCUT2D eigenvalue weighted by molar-refractivity contribution is -0.118. The van der Waals surface area contributed by atoms with Gasteiger partial charge < -0.3 is 4.43 Å². The van der Waals surface area contributed by atoms with Crippen molar-refractivity contribution in [3.05, 3.63) is 72.8 Å². The molecule has 0 fully saturated rings. The van der Waals surface area contributed by atoms with Crippen molar-refractivity contribution in [3.63, 3.8) is 0 Å². The van der Waals surface area contributed by atoms with Gasteiger partial charge in [0.1, 0.15) is 5.78 Å². The number of hydrogen-bond acceptors (Lipinski definition) is 2. The van der Waals surface area contributed by atoms with Crippen LogP contribution in [0.15, 0.2) is 72.8 Å². The van der Waals surface area contributed by atoms with E-state index in [1.54, 1.807) is 6.92 Å². The van der Waals surface area contributed by atoms with Crippen molar-refractivity contribution in [2.45, 2.75) is 52.2 Å². The Bertz CT molecular complexity index is 705. The van der Waals surface area contributed by atoms with Crippen molar-refractivity contribution >= 4 is 24.5 Å². The Labute approximate surface area is 159 Å². The summed E-state index contributed by atoms with van der Waals surface area (Å²) < 4.78 is 6.97. The highest BCUT2D eigenvalue weighted by Crippen LogP contribution is 2.38. The zero-order valence-electron chi connectivity index (χ0n) is 16.6. The van der Waals surface area contributed by atoms with Crippen LogP contribution in [0.5, 0.6) is 0 Å². The minimum absolute atomic E-state index is 0.111. The fourth-order valence-electron chi connectivity index (χ4n) is 3.48. The Kier molecular flexibility index (Phi) is 6.38. The molecule has 2 rings (SSSR count). The van der Waals surface area contributed by atoms with Gasteiger partial charge in [-0.05, 0) is 29.3 Å². The number of benzene rings is 2. The normalized spacial score (nSPS) is 13.3. The average Bonchev–Trinajstić information content (AvgIpc) is 2.58. The molecule has 0 aliphatic rings. The van der Waals surface area contributed by atoms with Crippen molar-refractivity contribution in [3.8, 4) is 0 Å². The van der Waals surface area contributed by atoms with Gasteiger partial charge in [-0.25, -0.2) is 0 Å². The molecule has 0 heterocycles. The lowest BCUT2D eigenvalue weighted by Gasteiger charge is -2.45. The molecule has 0 spiro atoms. The van der Waals surface area contributed by atoms with Gasteiger partial charge in [-0.1, -0.05) is 93.6 Å². The predicted octanol–water partition coefficient (Wildman–Crippen LogP) is 4.49. The summed E-state index contributed by atoms with van der Waals surface area (Å²) in [6, 6.07) is 21.0. The summed E-state index contributed by atoms with van der Waals surface area (Å²) in [5.74, 6) is 0.121. The van der Waals surface area contributed by atoms with E-state index in [-0.39, 0.29) is 16.9 Å². The Morgan fingerprint density at radius 2 is 1.38 bits per heavy atom. The fourth-order valence-corrected chi connectivity index (χ4v) is 8.21. The number of carbonyl (C=O) groups excluding carboxylic acids is 1. The summed E-state index contributed by atoms with van der Waals surface area (Å²) in [6.45, 7) is 14.4. The van der Waals surface area contributed by atoms with E-state index < -0.39 is 8.32 Å². The summed E-state index contributed by atoms with van der Waals surface area (Å²) in [7, 11) is -2.66. The summed E-state index contributed by atoms with van der Waals surface area (Å²) >= 11 is 0. The molecule has 26 heavy (non-hydrogen) atoms. The second kappa shape index (κ2) is 8.15. The van der Waals surface area contributed by atoms with Crippen LogP contribution in [0, 0.1) is 0 Å². The molecule has 0 aliphatic carbocycles. The number of rotatable bonds is 7. The molecular formula is C23H30O2Si. The number of carbonyl (C=O) groups is 1. The summed E-state index contributed by atoms with van der Waals surface area (Å²) in [4.78, 5) is 11.9. The van der Waals surface area contributed by atoms with E-state index in [4.69, 9.17) is 4.43 Å². The zero-order valence-corrected chi connectivity index (χ0v) is 17.6. The standard InChI is InChI=1S/C23H30O2Si/c1-18(2)22(17-19(3)24)25-26(23(4,5)6,20-13-9-7-10-14-20)21-15-11-8-12-16-21/h7-16,22H,1,17H2,2-6H3/t22-/m0/s1. The summed E-state index contributed by atoms with van der Waals surface area (Å²) in [5.41, 5.74) is 0.896. The van der Waals surface area contributed by atoms with Crippen LogP contribution in [-0.4, -0.2) is 20.2 Å². The van der Waals surface area contributed by atoms with E-state index >= 15 is 0 Å². The Balaban J connectivity index is 2.71. The molecule has 1 atom stereocenters. The second-order valence-corrected chi connectivity index (χ2v) is 12.3. The molecule has 2 aromatic carbocycles. The smallest absolute Gasteiger partial charge is 0.261 e. The van der Waals surface area contributed by atoms with Crippen molar-refractivity contribution in [1.82, 2.24) is 0 Å². The van der Waals surface area contributed by atoms with Gasteiger partial charge >= 0.3 is 0 Å². The van der Waals surface area contributed by atoms with Crippen molar-refractivity contribution in [2.24, 2.45) is 0 Å². The first-order valence-electron chi connectivity index (χ1n) is 9.12. The topological polar surface area (TPSA) is 26.3 Å². The Hall–Kier alpha value is -1.97. The average molecular weight is 367 g/mol. The van der Waals surface area contributed by atoms with E-state index in [9.17, 15) is 4.79 Å². The third kappa shape index (κ3) is 4.22. The van der Waals surface area contributed by atoms with Gasteiger partial charge in [0.2, 0.25) is 0 Å². The maximum absolute atomic E-state index is 11.9. The van der Waals surface area contributed by atoms with Crippen molar-refractivity contribution < 1.29 is 9.22 Å². The molecule has 0 bridgehead atoms. The van der Waals surface area contributed by atoms with Crippen LogP contribution < -0.4 is 10.4 Å². The molecule has 2 aromatic rings. The van der Waals surface area contributed by atoms with E-state index in [0.717, 1.165) is 5.57 Å². The molecule has 0 radical (unpaired) electrons. The summed E-state index contributed by atoms with van der Waals surface area (Å²) in [5, 5.41) is 2.32. The van der Waals surface area contributed by atoms with Crippen molar-refractivity contribution in [1.29, 1.82) is 0 Å². The monoisotopic (exact) mass is 366 g/mol. The van der Waals surface area contributed by atoms with Crippen LogP contribution in [0.4, 0.5) is 0 Å².